The molecule has 0 unspecified atom stereocenters. The van der Waals surface area contributed by atoms with Gasteiger partial charge >= 0.3 is 0 Å². The predicted octanol–water partition coefficient (Wildman–Crippen LogP) is 3.19. The van der Waals surface area contributed by atoms with Gasteiger partial charge in [-0.25, -0.2) is 0 Å². The zero-order valence-corrected chi connectivity index (χ0v) is 14.3. The van der Waals surface area contributed by atoms with Gasteiger partial charge in [-0.1, -0.05) is 18.2 Å². The summed E-state index contributed by atoms with van der Waals surface area (Å²) in [5.74, 6) is 1.11. The van der Waals surface area contributed by atoms with E-state index < -0.39 is 0 Å². The zero-order chi connectivity index (χ0) is 15.8. The Kier molecular flexibility index (Phi) is 4.04. The van der Waals surface area contributed by atoms with Crippen LogP contribution < -0.4 is 5.56 Å². The highest BCUT2D eigenvalue weighted by atomic mass is 32.2. The molecule has 3 heterocycles. The van der Waals surface area contributed by atoms with Crippen LogP contribution in [-0.4, -0.2) is 28.8 Å². The lowest BCUT2D eigenvalue weighted by molar-refractivity contribution is 0.114. The first kappa shape index (κ1) is 15.0. The lowest BCUT2D eigenvalue weighted by Crippen LogP contribution is -2.46. The van der Waals surface area contributed by atoms with Crippen LogP contribution in [0, 0.1) is 5.92 Å². The van der Waals surface area contributed by atoms with E-state index in [0.717, 1.165) is 26.2 Å². The lowest BCUT2D eigenvalue weighted by Gasteiger charge is -2.42. The normalized spacial score (nSPS) is 23.5. The van der Waals surface area contributed by atoms with Gasteiger partial charge < -0.3 is 4.57 Å². The van der Waals surface area contributed by atoms with Crippen LogP contribution in [0.25, 0.3) is 0 Å². The summed E-state index contributed by atoms with van der Waals surface area (Å²) in [6.07, 6.45) is 3.34. The van der Waals surface area contributed by atoms with E-state index in [9.17, 15) is 4.79 Å². The zero-order valence-electron chi connectivity index (χ0n) is 13.4. The fraction of sp³-hybridized carbons (Fsp3) is 0.421. The van der Waals surface area contributed by atoms with E-state index in [1.165, 1.54) is 22.6 Å². The standard InChI is InChI=1S/C19H22N2OS/c1-23-17-7-5-14(6-8-17)10-20-11-15-9-16(13-20)18-3-2-4-19(22)21(18)12-15/h2-8,15-16H,9-13H2,1H3/t15-,16+/m1/s1. The number of likely N-dealkylation sites (tertiary alicyclic amines) is 1. The molecule has 1 aromatic heterocycles. The first-order valence-corrected chi connectivity index (χ1v) is 9.50. The number of thioether (sulfide) groups is 1. The molecule has 0 amide bonds. The quantitative estimate of drug-likeness (QED) is 0.810. The van der Waals surface area contributed by atoms with E-state index in [4.69, 9.17) is 0 Å². The highest BCUT2D eigenvalue weighted by Crippen LogP contribution is 2.35. The van der Waals surface area contributed by atoms with Crippen molar-refractivity contribution in [3.8, 4) is 0 Å². The number of aromatic nitrogens is 1. The Bertz CT molecular complexity index is 753. The van der Waals surface area contributed by atoms with Gasteiger partial charge in [0.1, 0.15) is 0 Å². The Morgan fingerprint density at radius 3 is 2.70 bits per heavy atom. The van der Waals surface area contributed by atoms with Crippen LogP contribution >= 0.6 is 11.8 Å². The van der Waals surface area contributed by atoms with Crippen molar-refractivity contribution in [2.45, 2.75) is 30.3 Å². The van der Waals surface area contributed by atoms with E-state index in [-0.39, 0.29) is 5.56 Å². The Hall–Kier alpha value is -1.52. The largest absolute Gasteiger partial charge is 0.312 e. The first-order chi connectivity index (χ1) is 11.2. The molecule has 2 aromatic rings. The van der Waals surface area contributed by atoms with Crippen LogP contribution in [0.2, 0.25) is 0 Å². The average molecular weight is 326 g/mol. The van der Waals surface area contributed by atoms with E-state index >= 15 is 0 Å². The van der Waals surface area contributed by atoms with E-state index in [0.29, 0.717) is 11.8 Å². The smallest absolute Gasteiger partial charge is 0.250 e. The molecule has 0 N–H and O–H groups in total. The van der Waals surface area contributed by atoms with Crippen LogP contribution in [0.15, 0.2) is 52.2 Å². The van der Waals surface area contributed by atoms with Crippen LogP contribution in [0.4, 0.5) is 0 Å². The van der Waals surface area contributed by atoms with Crippen LogP contribution in [0.1, 0.15) is 23.6 Å². The number of pyridine rings is 1. The summed E-state index contributed by atoms with van der Waals surface area (Å²) < 4.78 is 2.00. The Balaban J connectivity index is 1.52. The molecule has 0 aliphatic carbocycles. The highest BCUT2D eigenvalue weighted by molar-refractivity contribution is 7.98. The van der Waals surface area contributed by atoms with Crippen molar-refractivity contribution in [3.05, 3.63) is 64.1 Å². The van der Waals surface area contributed by atoms with Gasteiger partial charge in [-0.05, 0) is 42.4 Å². The summed E-state index contributed by atoms with van der Waals surface area (Å²) in [5, 5.41) is 0. The van der Waals surface area contributed by atoms with E-state index in [1.54, 1.807) is 17.8 Å². The molecule has 0 saturated carbocycles. The van der Waals surface area contributed by atoms with Gasteiger partial charge in [-0.2, -0.15) is 0 Å². The summed E-state index contributed by atoms with van der Waals surface area (Å²) in [5.41, 5.74) is 2.78. The number of benzene rings is 1. The van der Waals surface area contributed by atoms with E-state index in [2.05, 4.69) is 41.5 Å². The van der Waals surface area contributed by atoms with Crippen LogP contribution in [0.3, 0.4) is 0 Å². The van der Waals surface area contributed by atoms with E-state index in [1.807, 2.05) is 10.6 Å². The topological polar surface area (TPSA) is 25.2 Å². The van der Waals surface area contributed by atoms with Crippen LogP contribution in [0.5, 0.6) is 0 Å². The summed E-state index contributed by atoms with van der Waals surface area (Å²) in [7, 11) is 0. The second kappa shape index (κ2) is 6.17. The SMILES string of the molecule is CSc1ccc(CN2C[C@H]3C[C@@H](C2)c2cccc(=O)n2C3)cc1. The molecular formula is C19H22N2OS. The summed E-state index contributed by atoms with van der Waals surface area (Å²) >= 11 is 1.78. The van der Waals surface area contributed by atoms with Gasteiger partial charge in [0.25, 0.3) is 5.56 Å². The van der Waals surface area contributed by atoms with Gasteiger partial charge in [0.05, 0.1) is 0 Å². The third-order valence-corrected chi connectivity index (χ3v) is 5.86. The molecule has 120 valence electrons. The second-order valence-corrected chi connectivity index (χ2v) is 7.62. The first-order valence-electron chi connectivity index (χ1n) is 8.28. The molecule has 23 heavy (non-hydrogen) atoms. The minimum Gasteiger partial charge on any atom is -0.312 e. The summed E-state index contributed by atoms with van der Waals surface area (Å²) in [6.45, 7) is 4.05. The molecule has 1 fully saturated rings. The number of fused-ring (bicyclic) bond motifs is 4. The molecule has 0 radical (unpaired) electrons. The summed E-state index contributed by atoms with van der Waals surface area (Å²) in [6, 6.07) is 14.6. The van der Waals surface area contributed by atoms with Crippen LogP contribution in [-0.2, 0) is 13.1 Å². The van der Waals surface area contributed by atoms with Crippen molar-refractivity contribution in [1.82, 2.24) is 9.47 Å². The van der Waals surface area contributed by atoms with Crippen molar-refractivity contribution in [2.75, 3.05) is 19.3 Å². The number of nitrogens with zero attached hydrogens (tertiary/aromatic N) is 2. The third kappa shape index (κ3) is 2.98. The number of hydrogen-bond acceptors (Lipinski definition) is 3. The number of piperidine rings is 1. The minimum absolute atomic E-state index is 0.165. The fourth-order valence-electron chi connectivity index (χ4n) is 4.11. The van der Waals surface area contributed by atoms with Gasteiger partial charge in [0, 0.05) is 48.8 Å². The van der Waals surface area contributed by atoms with Gasteiger partial charge in [-0.3, -0.25) is 9.69 Å². The highest BCUT2D eigenvalue weighted by Gasteiger charge is 2.34. The monoisotopic (exact) mass is 326 g/mol. The Morgan fingerprint density at radius 2 is 1.91 bits per heavy atom. The molecule has 2 aliphatic rings. The molecule has 3 nitrogen and oxygen atoms in total. The number of hydrogen-bond donors (Lipinski definition) is 0. The average Bonchev–Trinajstić information content (AvgIpc) is 2.57. The Labute approximate surface area is 141 Å². The molecule has 4 rings (SSSR count). The fourth-order valence-corrected chi connectivity index (χ4v) is 4.52. The van der Waals surface area contributed by atoms with Gasteiger partial charge in [-0.15, -0.1) is 11.8 Å². The molecule has 2 aliphatic heterocycles. The van der Waals surface area contributed by atoms with Crippen molar-refractivity contribution < 1.29 is 0 Å². The third-order valence-electron chi connectivity index (χ3n) is 5.12. The van der Waals surface area contributed by atoms with Crippen molar-refractivity contribution in [1.29, 1.82) is 0 Å². The second-order valence-electron chi connectivity index (χ2n) is 6.74. The van der Waals surface area contributed by atoms with Crippen molar-refractivity contribution in [2.24, 2.45) is 5.92 Å². The predicted molar refractivity (Wildman–Crippen MR) is 95.1 cm³/mol. The lowest BCUT2D eigenvalue weighted by atomic mass is 9.83. The van der Waals surface area contributed by atoms with Crippen molar-refractivity contribution >= 4 is 11.8 Å². The molecule has 4 heteroatoms. The molecular weight excluding hydrogens is 304 g/mol. The van der Waals surface area contributed by atoms with Gasteiger partial charge in [0.2, 0.25) is 0 Å². The maximum absolute atomic E-state index is 12.1. The molecule has 1 aromatic carbocycles. The molecule has 1 saturated heterocycles. The molecule has 0 spiro atoms. The Morgan fingerprint density at radius 1 is 1.09 bits per heavy atom. The van der Waals surface area contributed by atoms with Gasteiger partial charge in [0.15, 0.2) is 0 Å². The summed E-state index contributed by atoms with van der Waals surface area (Å²) in [4.78, 5) is 16.0. The minimum atomic E-state index is 0.165. The maximum atomic E-state index is 12.1. The van der Waals surface area contributed by atoms with Crippen molar-refractivity contribution in [3.63, 3.8) is 0 Å². The maximum Gasteiger partial charge on any atom is 0.250 e. The molecule has 2 bridgehead atoms. The number of rotatable bonds is 3. The molecule has 2 atom stereocenters.